The number of hydrogen-bond acceptors (Lipinski definition) is 3. The number of hydrogen-bond donors (Lipinski definition) is 3. The van der Waals surface area contributed by atoms with Crippen molar-refractivity contribution in [3.05, 3.63) is 41.0 Å². The van der Waals surface area contributed by atoms with E-state index in [0.717, 1.165) is 0 Å². The molecule has 0 saturated carbocycles. The number of carbonyl (C=O) groups is 2. The molecule has 0 bridgehead atoms. The summed E-state index contributed by atoms with van der Waals surface area (Å²) in [4.78, 5) is 21.6. The molecular weight excluding hydrogens is 228 g/mol. The summed E-state index contributed by atoms with van der Waals surface area (Å²) >= 11 is 3.95. The summed E-state index contributed by atoms with van der Waals surface area (Å²) in [5.41, 5.74) is 0.494. The SMILES string of the molecule is O=C(O)c1ccc(C(=O)O)c(C=CCS)c1. The molecule has 0 heterocycles. The smallest absolute Gasteiger partial charge is 0.336 e. The maximum Gasteiger partial charge on any atom is 0.336 e. The molecule has 0 saturated heterocycles. The second kappa shape index (κ2) is 5.37. The van der Waals surface area contributed by atoms with E-state index in [9.17, 15) is 9.59 Å². The van der Waals surface area contributed by atoms with E-state index in [0.29, 0.717) is 11.3 Å². The number of carboxylic acid groups (broad SMARTS) is 2. The van der Waals surface area contributed by atoms with Crippen LogP contribution in [-0.2, 0) is 0 Å². The normalized spacial score (nSPS) is 10.6. The molecule has 1 aromatic carbocycles. The molecule has 84 valence electrons. The Labute approximate surface area is 97.6 Å². The van der Waals surface area contributed by atoms with Crippen LogP contribution in [0.4, 0.5) is 0 Å². The molecule has 2 N–H and O–H groups in total. The van der Waals surface area contributed by atoms with Crippen LogP contribution in [0.15, 0.2) is 24.3 Å². The molecule has 16 heavy (non-hydrogen) atoms. The molecule has 0 aliphatic heterocycles. The van der Waals surface area contributed by atoms with Gasteiger partial charge in [0, 0.05) is 5.75 Å². The minimum Gasteiger partial charge on any atom is -0.478 e. The van der Waals surface area contributed by atoms with Crippen molar-refractivity contribution in [2.24, 2.45) is 0 Å². The molecule has 5 heteroatoms. The van der Waals surface area contributed by atoms with Crippen LogP contribution in [0.5, 0.6) is 0 Å². The Morgan fingerprint density at radius 2 is 1.94 bits per heavy atom. The predicted octanol–water partition coefficient (Wildman–Crippen LogP) is 2.03. The summed E-state index contributed by atoms with van der Waals surface area (Å²) in [6, 6.07) is 3.87. The van der Waals surface area contributed by atoms with Crippen molar-refractivity contribution in [2.45, 2.75) is 0 Å². The Morgan fingerprint density at radius 1 is 1.25 bits per heavy atom. The lowest BCUT2D eigenvalue weighted by molar-refractivity contribution is 0.0681. The highest BCUT2D eigenvalue weighted by molar-refractivity contribution is 7.80. The van der Waals surface area contributed by atoms with Crippen LogP contribution in [0.2, 0.25) is 0 Å². The Kier molecular flexibility index (Phi) is 4.13. The largest absolute Gasteiger partial charge is 0.478 e. The number of carboxylic acids is 2. The van der Waals surface area contributed by atoms with E-state index in [-0.39, 0.29) is 11.1 Å². The fourth-order valence-corrected chi connectivity index (χ4v) is 1.31. The molecule has 0 atom stereocenters. The van der Waals surface area contributed by atoms with Gasteiger partial charge in [0.25, 0.3) is 0 Å². The molecule has 4 nitrogen and oxygen atoms in total. The van der Waals surface area contributed by atoms with Crippen molar-refractivity contribution < 1.29 is 19.8 Å². The molecule has 0 aromatic heterocycles. The molecular formula is C11H10O4S. The highest BCUT2D eigenvalue weighted by atomic mass is 32.1. The third kappa shape index (κ3) is 2.87. The summed E-state index contributed by atoms with van der Waals surface area (Å²) in [6.07, 6.45) is 3.19. The van der Waals surface area contributed by atoms with Crippen LogP contribution in [0.1, 0.15) is 26.3 Å². The third-order valence-electron chi connectivity index (χ3n) is 1.93. The summed E-state index contributed by atoms with van der Waals surface area (Å²) in [7, 11) is 0. The second-order valence-electron chi connectivity index (χ2n) is 3.00. The van der Waals surface area contributed by atoms with E-state index >= 15 is 0 Å². The Hall–Kier alpha value is -1.75. The molecule has 0 spiro atoms. The number of benzene rings is 1. The first-order chi connectivity index (χ1) is 7.56. The van der Waals surface area contributed by atoms with Gasteiger partial charge in [0.05, 0.1) is 11.1 Å². The predicted molar refractivity (Wildman–Crippen MR) is 63.2 cm³/mol. The molecule has 0 aliphatic carbocycles. The zero-order chi connectivity index (χ0) is 12.1. The molecule has 1 rings (SSSR count). The first-order valence-corrected chi connectivity index (χ1v) is 5.07. The average Bonchev–Trinajstić information content (AvgIpc) is 2.25. The highest BCUT2D eigenvalue weighted by Crippen LogP contribution is 2.14. The Morgan fingerprint density at radius 3 is 2.44 bits per heavy atom. The molecule has 0 aliphatic rings. The lowest BCUT2D eigenvalue weighted by Gasteiger charge is -2.02. The monoisotopic (exact) mass is 238 g/mol. The van der Waals surface area contributed by atoms with Crippen molar-refractivity contribution in [1.82, 2.24) is 0 Å². The molecule has 0 amide bonds. The first-order valence-electron chi connectivity index (χ1n) is 4.44. The van der Waals surface area contributed by atoms with Crippen LogP contribution >= 0.6 is 12.6 Å². The number of aromatic carboxylic acids is 2. The quantitative estimate of drug-likeness (QED) is 0.701. The second-order valence-corrected chi connectivity index (χ2v) is 3.36. The lowest BCUT2D eigenvalue weighted by Crippen LogP contribution is -2.03. The van der Waals surface area contributed by atoms with Gasteiger partial charge < -0.3 is 10.2 Å². The van der Waals surface area contributed by atoms with Crippen LogP contribution in [0.3, 0.4) is 0 Å². The number of rotatable bonds is 4. The van der Waals surface area contributed by atoms with E-state index in [2.05, 4.69) is 12.6 Å². The minimum atomic E-state index is -1.09. The van der Waals surface area contributed by atoms with Gasteiger partial charge in [-0.15, -0.1) is 0 Å². The number of thiol groups is 1. The van der Waals surface area contributed by atoms with Gasteiger partial charge in [-0.25, -0.2) is 9.59 Å². The van der Waals surface area contributed by atoms with E-state index < -0.39 is 11.9 Å². The van der Waals surface area contributed by atoms with E-state index in [1.807, 2.05) is 0 Å². The zero-order valence-corrected chi connectivity index (χ0v) is 9.15. The van der Waals surface area contributed by atoms with E-state index in [4.69, 9.17) is 10.2 Å². The fraction of sp³-hybridized carbons (Fsp3) is 0.0909. The third-order valence-corrected chi connectivity index (χ3v) is 2.14. The average molecular weight is 238 g/mol. The summed E-state index contributed by atoms with van der Waals surface area (Å²) in [6.45, 7) is 0. The van der Waals surface area contributed by atoms with Gasteiger partial charge in [-0.3, -0.25) is 0 Å². The summed E-state index contributed by atoms with van der Waals surface area (Å²) < 4.78 is 0. The Balaban J connectivity index is 3.26. The minimum absolute atomic E-state index is 0.0591. The van der Waals surface area contributed by atoms with Crippen molar-refractivity contribution in [3.63, 3.8) is 0 Å². The van der Waals surface area contributed by atoms with Crippen LogP contribution in [0, 0.1) is 0 Å². The van der Waals surface area contributed by atoms with Gasteiger partial charge in [-0.2, -0.15) is 12.6 Å². The van der Waals surface area contributed by atoms with Crippen LogP contribution < -0.4 is 0 Å². The van der Waals surface area contributed by atoms with E-state index in [1.54, 1.807) is 12.2 Å². The fourth-order valence-electron chi connectivity index (χ4n) is 1.21. The molecule has 0 radical (unpaired) electrons. The van der Waals surface area contributed by atoms with E-state index in [1.165, 1.54) is 18.2 Å². The van der Waals surface area contributed by atoms with Crippen LogP contribution in [-0.4, -0.2) is 27.9 Å². The first kappa shape index (κ1) is 12.3. The standard InChI is InChI=1S/C11H10O4S/c12-10(13)8-3-4-9(11(14)15)7(6-8)2-1-5-16/h1-4,6,16H,5H2,(H,12,13)(H,14,15). The highest BCUT2D eigenvalue weighted by Gasteiger charge is 2.11. The molecule has 0 fully saturated rings. The van der Waals surface area contributed by atoms with Crippen LogP contribution in [0.25, 0.3) is 6.08 Å². The van der Waals surface area contributed by atoms with Crippen molar-refractivity contribution in [2.75, 3.05) is 5.75 Å². The van der Waals surface area contributed by atoms with Crippen molar-refractivity contribution >= 4 is 30.6 Å². The summed E-state index contributed by atoms with van der Waals surface area (Å²) in [5, 5.41) is 17.7. The van der Waals surface area contributed by atoms with Gasteiger partial charge in [0.1, 0.15) is 0 Å². The van der Waals surface area contributed by atoms with Gasteiger partial charge >= 0.3 is 11.9 Å². The van der Waals surface area contributed by atoms with Gasteiger partial charge in [0.15, 0.2) is 0 Å². The van der Waals surface area contributed by atoms with Gasteiger partial charge in [0.2, 0.25) is 0 Å². The topological polar surface area (TPSA) is 74.6 Å². The van der Waals surface area contributed by atoms with Crippen molar-refractivity contribution in [3.8, 4) is 0 Å². The van der Waals surface area contributed by atoms with Gasteiger partial charge in [-0.05, 0) is 23.8 Å². The Bertz CT molecular complexity index is 451. The lowest BCUT2D eigenvalue weighted by atomic mass is 10.0. The van der Waals surface area contributed by atoms with Gasteiger partial charge in [-0.1, -0.05) is 12.2 Å². The van der Waals surface area contributed by atoms with Crippen molar-refractivity contribution in [1.29, 1.82) is 0 Å². The maximum atomic E-state index is 10.9. The molecule has 0 unspecified atom stereocenters. The molecule has 1 aromatic rings. The zero-order valence-electron chi connectivity index (χ0n) is 8.25. The maximum absolute atomic E-state index is 10.9. The summed E-state index contributed by atoms with van der Waals surface area (Å²) in [5.74, 6) is -1.72.